The number of rotatable bonds is 3. The second-order valence-electron chi connectivity index (χ2n) is 5.50. The molecule has 2 aromatic carbocycles. The number of carbonyl (C=O) groups excluding carboxylic acids is 1. The number of nitrogens with one attached hydrogen (secondary N) is 1. The van der Waals surface area contributed by atoms with Gasteiger partial charge in [-0.05, 0) is 16.8 Å². The molecule has 2 heterocycles. The van der Waals surface area contributed by atoms with Gasteiger partial charge in [-0.15, -0.1) is 11.3 Å². The summed E-state index contributed by atoms with van der Waals surface area (Å²) in [5.74, 6) is -0.292. The van der Waals surface area contributed by atoms with E-state index in [2.05, 4.69) is 34.6 Å². The van der Waals surface area contributed by atoms with Crippen LogP contribution in [0.25, 0.3) is 22.0 Å². The smallest absolute Gasteiger partial charge is 0.257 e. The lowest BCUT2D eigenvalue weighted by atomic mass is 10.1. The van der Waals surface area contributed by atoms with Crippen LogP contribution in [-0.2, 0) is 0 Å². The Labute approximate surface area is 147 Å². The van der Waals surface area contributed by atoms with E-state index in [1.54, 1.807) is 0 Å². The van der Waals surface area contributed by atoms with Crippen molar-refractivity contribution in [1.29, 1.82) is 0 Å². The fourth-order valence-electron chi connectivity index (χ4n) is 2.55. The first-order valence-corrected chi connectivity index (χ1v) is 8.52. The Hall–Kier alpha value is -3.25. The SMILES string of the molecule is O=C(Nc1nc(-c2ccc3ccccc3c2)cs1)c1cc[n+]([O-])cc1. The molecule has 0 spiro atoms. The third-order valence-electron chi connectivity index (χ3n) is 3.83. The Morgan fingerprint density at radius 2 is 1.80 bits per heavy atom. The van der Waals surface area contributed by atoms with Crippen LogP contribution in [0, 0.1) is 5.21 Å². The fraction of sp³-hybridized carbons (Fsp3) is 0. The summed E-state index contributed by atoms with van der Waals surface area (Å²) in [6, 6.07) is 17.3. The summed E-state index contributed by atoms with van der Waals surface area (Å²) in [6.07, 6.45) is 2.58. The minimum absolute atomic E-state index is 0.292. The zero-order valence-electron chi connectivity index (χ0n) is 13.0. The standard InChI is InChI=1S/C19H13N3O2S/c23-18(14-7-9-22(24)10-8-14)21-19-20-17(12-25-19)16-6-5-13-3-1-2-4-15(13)11-16/h1-12H,(H,20,21,23). The van der Waals surface area contributed by atoms with Crippen LogP contribution in [0.2, 0.25) is 0 Å². The third kappa shape index (κ3) is 3.20. The molecule has 1 amide bonds. The van der Waals surface area contributed by atoms with Gasteiger partial charge in [-0.1, -0.05) is 36.4 Å². The van der Waals surface area contributed by atoms with Crippen molar-refractivity contribution in [3.63, 3.8) is 0 Å². The molecule has 0 saturated carbocycles. The van der Waals surface area contributed by atoms with Gasteiger partial charge < -0.3 is 5.21 Å². The molecule has 0 unspecified atom stereocenters. The number of thiazole rings is 1. The molecule has 0 aliphatic rings. The van der Waals surface area contributed by atoms with Gasteiger partial charge >= 0.3 is 0 Å². The second kappa shape index (κ2) is 6.33. The average Bonchev–Trinajstić information content (AvgIpc) is 3.10. The van der Waals surface area contributed by atoms with E-state index in [1.165, 1.54) is 41.2 Å². The van der Waals surface area contributed by atoms with E-state index >= 15 is 0 Å². The number of aromatic nitrogens is 2. The highest BCUT2D eigenvalue weighted by Gasteiger charge is 2.11. The minimum Gasteiger partial charge on any atom is -0.619 e. The van der Waals surface area contributed by atoms with Gasteiger partial charge in [0, 0.05) is 23.1 Å². The molecule has 122 valence electrons. The number of anilines is 1. The van der Waals surface area contributed by atoms with E-state index in [0.717, 1.165) is 16.6 Å². The molecule has 0 saturated heterocycles. The second-order valence-corrected chi connectivity index (χ2v) is 6.36. The van der Waals surface area contributed by atoms with E-state index in [4.69, 9.17) is 0 Å². The fourth-order valence-corrected chi connectivity index (χ4v) is 3.26. The average molecular weight is 347 g/mol. The third-order valence-corrected chi connectivity index (χ3v) is 4.59. The van der Waals surface area contributed by atoms with Crippen molar-refractivity contribution in [2.45, 2.75) is 0 Å². The minimum atomic E-state index is -0.292. The van der Waals surface area contributed by atoms with Crippen molar-refractivity contribution in [3.8, 4) is 11.3 Å². The molecular weight excluding hydrogens is 334 g/mol. The molecule has 4 aromatic rings. The van der Waals surface area contributed by atoms with Gasteiger partial charge in [-0.3, -0.25) is 10.1 Å². The number of nitrogens with zero attached hydrogens (tertiary/aromatic N) is 2. The Morgan fingerprint density at radius 3 is 2.60 bits per heavy atom. The molecule has 6 heteroatoms. The van der Waals surface area contributed by atoms with Crippen molar-refractivity contribution >= 4 is 33.1 Å². The highest BCUT2D eigenvalue weighted by atomic mass is 32.1. The van der Waals surface area contributed by atoms with Crippen LogP contribution in [-0.4, -0.2) is 10.9 Å². The highest BCUT2D eigenvalue weighted by molar-refractivity contribution is 7.14. The summed E-state index contributed by atoms with van der Waals surface area (Å²) in [5, 5.41) is 18.5. The summed E-state index contributed by atoms with van der Waals surface area (Å²) in [4.78, 5) is 16.7. The van der Waals surface area contributed by atoms with Gasteiger partial charge in [0.2, 0.25) is 0 Å². The summed E-state index contributed by atoms with van der Waals surface area (Å²) in [5.41, 5.74) is 2.23. The molecule has 5 nitrogen and oxygen atoms in total. The maximum Gasteiger partial charge on any atom is 0.257 e. The largest absolute Gasteiger partial charge is 0.619 e. The van der Waals surface area contributed by atoms with E-state index < -0.39 is 0 Å². The first-order chi connectivity index (χ1) is 12.2. The summed E-state index contributed by atoms with van der Waals surface area (Å²) < 4.78 is 0.637. The maximum absolute atomic E-state index is 12.2. The molecule has 2 aromatic heterocycles. The lowest BCUT2D eigenvalue weighted by Crippen LogP contribution is -2.25. The molecule has 1 N–H and O–H groups in total. The lowest BCUT2D eigenvalue weighted by Gasteiger charge is -2.02. The Balaban J connectivity index is 1.56. The van der Waals surface area contributed by atoms with E-state index in [0.29, 0.717) is 15.4 Å². The molecule has 0 bridgehead atoms. The zero-order valence-corrected chi connectivity index (χ0v) is 13.9. The molecular formula is C19H13N3O2S. The lowest BCUT2D eigenvalue weighted by molar-refractivity contribution is -0.605. The van der Waals surface area contributed by atoms with Crippen molar-refractivity contribution < 1.29 is 9.52 Å². The molecule has 0 aliphatic carbocycles. The van der Waals surface area contributed by atoms with Gasteiger partial charge in [0.25, 0.3) is 5.91 Å². The number of benzene rings is 2. The zero-order chi connectivity index (χ0) is 17.2. The maximum atomic E-state index is 12.2. The van der Waals surface area contributed by atoms with Crippen LogP contribution in [0.5, 0.6) is 0 Å². The van der Waals surface area contributed by atoms with Crippen LogP contribution < -0.4 is 10.0 Å². The Morgan fingerprint density at radius 1 is 1.04 bits per heavy atom. The van der Waals surface area contributed by atoms with Crippen LogP contribution in [0.15, 0.2) is 72.4 Å². The van der Waals surface area contributed by atoms with Crippen LogP contribution in [0.4, 0.5) is 5.13 Å². The Bertz CT molecular complexity index is 1060. The molecule has 4 rings (SSSR count). The highest BCUT2D eigenvalue weighted by Crippen LogP contribution is 2.27. The number of hydrogen-bond acceptors (Lipinski definition) is 4. The van der Waals surface area contributed by atoms with Crippen LogP contribution >= 0.6 is 11.3 Å². The Kier molecular flexibility index (Phi) is 3.87. The van der Waals surface area contributed by atoms with Gasteiger partial charge in [-0.25, -0.2) is 4.98 Å². The summed E-state index contributed by atoms with van der Waals surface area (Å²) >= 11 is 1.37. The number of carbonyl (C=O) groups is 1. The quantitative estimate of drug-likeness (QED) is 0.452. The summed E-state index contributed by atoms with van der Waals surface area (Å²) in [7, 11) is 0. The topological polar surface area (TPSA) is 68.9 Å². The van der Waals surface area contributed by atoms with E-state index in [9.17, 15) is 10.0 Å². The van der Waals surface area contributed by atoms with Crippen molar-refractivity contribution in [2.24, 2.45) is 0 Å². The van der Waals surface area contributed by atoms with Gasteiger partial charge in [0.15, 0.2) is 17.5 Å². The van der Waals surface area contributed by atoms with Crippen molar-refractivity contribution in [1.82, 2.24) is 4.98 Å². The van der Waals surface area contributed by atoms with Gasteiger partial charge in [0.1, 0.15) is 0 Å². The van der Waals surface area contributed by atoms with Crippen molar-refractivity contribution in [3.05, 3.63) is 83.1 Å². The number of fused-ring (bicyclic) bond motifs is 1. The number of hydrogen-bond donors (Lipinski definition) is 1. The predicted octanol–water partition coefficient (Wildman–Crippen LogP) is 3.85. The molecule has 0 atom stereocenters. The van der Waals surface area contributed by atoms with Gasteiger partial charge in [-0.2, -0.15) is 4.73 Å². The number of amides is 1. The van der Waals surface area contributed by atoms with Crippen molar-refractivity contribution in [2.75, 3.05) is 5.32 Å². The normalized spacial score (nSPS) is 10.7. The van der Waals surface area contributed by atoms with Crippen LogP contribution in [0.3, 0.4) is 0 Å². The molecule has 0 fully saturated rings. The monoisotopic (exact) mass is 347 g/mol. The first kappa shape index (κ1) is 15.3. The predicted molar refractivity (Wildman–Crippen MR) is 98.4 cm³/mol. The van der Waals surface area contributed by atoms with E-state index in [-0.39, 0.29) is 5.91 Å². The number of pyridine rings is 1. The first-order valence-electron chi connectivity index (χ1n) is 7.64. The molecule has 0 radical (unpaired) electrons. The summed E-state index contributed by atoms with van der Waals surface area (Å²) in [6.45, 7) is 0. The molecule has 25 heavy (non-hydrogen) atoms. The van der Waals surface area contributed by atoms with E-state index in [1.807, 2.05) is 23.6 Å². The van der Waals surface area contributed by atoms with Gasteiger partial charge in [0.05, 0.1) is 11.3 Å². The van der Waals surface area contributed by atoms with Crippen LogP contribution in [0.1, 0.15) is 10.4 Å². The molecule has 0 aliphatic heterocycles.